The highest BCUT2D eigenvalue weighted by atomic mass is 16.5. The van der Waals surface area contributed by atoms with E-state index < -0.39 is 0 Å². The van der Waals surface area contributed by atoms with Gasteiger partial charge in [-0.1, -0.05) is 90.1 Å². The van der Waals surface area contributed by atoms with Gasteiger partial charge in [0.1, 0.15) is 11.5 Å². The van der Waals surface area contributed by atoms with Gasteiger partial charge in [0, 0.05) is 37.3 Å². The summed E-state index contributed by atoms with van der Waals surface area (Å²) in [4.78, 5) is 9.55. The minimum Gasteiger partial charge on any atom is -0.456 e. The molecule has 0 radical (unpaired) electrons. The molecule has 3 heterocycles. The molecule has 54 heavy (non-hydrogen) atoms. The van der Waals surface area contributed by atoms with E-state index in [1.165, 1.54) is 5.56 Å². The van der Waals surface area contributed by atoms with Gasteiger partial charge in [0.05, 0.1) is 24.0 Å². The van der Waals surface area contributed by atoms with Crippen LogP contribution in [0.3, 0.4) is 0 Å². The molecule has 2 saturated heterocycles. The highest BCUT2D eigenvalue weighted by Gasteiger charge is 2.44. The summed E-state index contributed by atoms with van der Waals surface area (Å²) >= 11 is 0. The molecular formula is C47H60N6O. The van der Waals surface area contributed by atoms with Gasteiger partial charge in [0.25, 0.3) is 0 Å². The Hall–Kier alpha value is -4.69. The van der Waals surface area contributed by atoms with Crippen molar-refractivity contribution in [3.8, 4) is 23.6 Å². The fourth-order valence-electron chi connectivity index (χ4n) is 8.08. The van der Waals surface area contributed by atoms with Crippen molar-refractivity contribution in [2.75, 3.05) is 31.5 Å². The van der Waals surface area contributed by atoms with Crippen molar-refractivity contribution in [3.63, 3.8) is 0 Å². The van der Waals surface area contributed by atoms with E-state index in [0.717, 1.165) is 93.5 Å². The van der Waals surface area contributed by atoms with Gasteiger partial charge in [-0.15, -0.1) is 0 Å². The molecule has 2 aliphatic rings. The number of piperidine rings is 2. The normalized spacial score (nSPS) is 17.3. The molecule has 7 nitrogen and oxygen atoms in total. The Balaban J connectivity index is 0.000000208. The smallest absolute Gasteiger partial charge is 0.145 e. The van der Waals surface area contributed by atoms with E-state index in [1.807, 2.05) is 60.7 Å². The monoisotopic (exact) mass is 724 g/mol. The van der Waals surface area contributed by atoms with Gasteiger partial charge >= 0.3 is 0 Å². The fraction of sp³-hybridized carbons (Fsp3) is 0.468. The zero-order chi connectivity index (χ0) is 38.7. The van der Waals surface area contributed by atoms with Crippen LogP contribution in [0.5, 0.6) is 11.5 Å². The van der Waals surface area contributed by atoms with Gasteiger partial charge in [-0.25, -0.2) is 0 Å². The molecule has 0 bridgehead atoms. The number of rotatable bonds is 10. The third kappa shape index (κ3) is 10.7. The lowest BCUT2D eigenvalue weighted by atomic mass is 9.60. The van der Waals surface area contributed by atoms with Crippen molar-refractivity contribution in [1.82, 2.24) is 14.8 Å². The Kier molecular flexibility index (Phi) is 13.6. The second kappa shape index (κ2) is 18.1. The Labute approximate surface area is 325 Å². The van der Waals surface area contributed by atoms with Crippen molar-refractivity contribution in [1.29, 1.82) is 10.5 Å². The van der Waals surface area contributed by atoms with Crippen LogP contribution in [0.4, 0.5) is 11.4 Å². The first-order chi connectivity index (χ1) is 25.8. The summed E-state index contributed by atoms with van der Waals surface area (Å²) in [6, 6.07) is 37.6. The van der Waals surface area contributed by atoms with Crippen LogP contribution in [0.25, 0.3) is 0 Å². The van der Waals surface area contributed by atoms with Crippen molar-refractivity contribution >= 4 is 11.4 Å². The lowest BCUT2D eigenvalue weighted by molar-refractivity contribution is 0.00677. The maximum atomic E-state index is 9.33. The van der Waals surface area contributed by atoms with Gasteiger partial charge in [0.2, 0.25) is 0 Å². The lowest BCUT2D eigenvalue weighted by Gasteiger charge is -2.49. The van der Waals surface area contributed by atoms with Crippen LogP contribution in [0.15, 0.2) is 103 Å². The highest BCUT2D eigenvalue weighted by Crippen LogP contribution is 2.50. The highest BCUT2D eigenvalue weighted by molar-refractivity contribution is 5.60. The summed E-state index contributed by atoms with van der Waals surface area (Å²) in [5.74, 6) is 1.57. The average Bonchev–Trinajstić information content (AvgIpc) is 3.15. The molecule has 0 spiro atoms. The molecule has 4 aromatic rings. The molecule has 0 unspecified atom stereocenters. The minimum absolute atomic E-state index is 0.124. The van der Waals surface area contributed by atoms with E-state index in [-0.39, 0.29) is 21.7 Å². The number of pyridine rings is 1. The fourth-order valence-corrected chi connectivity index (χ4v) is 8.08. The van der Waals surface area contributed by atoms with Crippen molar-refractivity contribution in [2.45, 2.75) is 93.2 Å². The van der Waals surface area contributed by atoms with Crippen LogP contribution >= 0.6 is 0 Å². The SMILES string of the molecule is CC(C)(C)C1(CC#N)CCN(Cc2ccc(Oc3ccccc3)cn2)CC1.CC(C)(C)C1(CC#N)CCN(Cc2cccc(Nc3ccccc3)c2)CC1. The Morgan fingerprint density at radius 2 is 1.15 bits per heavy atom. The molecule has 0 aliphatic carbocycles. The predicted octanol–water partition coefficient (Wildman–Crippen LogP) is 11.4. The summed E-state index contributed by atoms with van der Waals surface area (Å²) in [5.41, 5.74) is 5.23. The molecule has 1 N–H and O–H groups in total. The van der Waals surface area contributed by atoms with E-state index in [4.69, 9.17) is 4.74 Å². The number of hydrogen-bond acceptors (Lipinski definition) is 7. The van der Waals surface area contributed by atoms with Crippen LogP contribution in [-0.2, 0) is 13.1 Å². The first kappa shape index (κ1) is 40.5. The quantitative estimate of drug-likeness (QED) is 0.174. The summed E-state index contributed by atoms with van der Waals surface area (Å²) in [6.45, 7) is 19.7. The molecule has 2 fully saturated rings. The predicted molar refractivity (Wildman–Crippen MR) is 220 cm³/mol. The summed E-state index contributed by atoms with van der Waals surface area (Å²) < 4.78 is 5.81. The Morgan fingerprint density at radius 3 is 1.65 bits per heavy atom. The molecule has 6 rings (SSSR count). The Morgan fingerprint density at radius 1 is 0.630 bits per heavy atom. The largest absolute Gasteiger partial charge is 0.456 e. The number of nitrogens with one attached hydrogen (secondary N) is 1. The van der Waals surface area contributed by atoms with Crippen LogP contribution < -0.4 is 10.1 Å². The third-order valence-electron chi connectivity index (χ3n) is 12.2. The molecular weight excluding hydrogens is 665 g/mol. The zero-order valence-electron chi connectivity index (χ0n) is 33.4. The van der Waals surface area contributed by atoms with Crippen LogP contribution in [0.1, 0.15) is 91.3 Å². The second-order valence-corrected chi connectivity index (χ2v) is 17.4. The van der Waals surface area contributed by atoms with Crippen molar-refractivity contribution < 1.29 is 4.74 Å². The molecule has 0 amide bonds. The molecule has 2 aliphatic heterocycles. The number of anilines is 2. The first-order valence-corrected chi connectivity index (χ1v) is 19.6. The van der Waals surface area contributed by atoms with Gasteiger partial charge < -0.3 is 10.1 Å². The van der Waals surface area contributed by atoms with E-state index >= 15 is 0 Å². The van der Waals surface area contributed by atoms with Crippen molar-refractivity contribution in [3.05, 3.63) is 115 Å². The van der Waals surface area contributed by atoms with E-state index in [9.17, 15) is 10.5 Å². The molecule has 0 saturated carbocycles. The lowest BCUT2D eigenvalue weighted by Crippen LogP contribution is -2.46. The van der Waals surface area contributed by atoms with Crippen LogP contribution in [-0.4, -0.2) is 41.0 Å². The van der Waals surface area contributed by atoms with Gasteiger partial charge in [-0.05, 0) is 128 Å². The number of nitrogens with zero attached hydrogens (tertiary/aromatic N) is 5. The average molecular weight is 725 g/mol. The minimum atomic E-state index is 0.124. The maximum Gasteiger partial charge on any atom is 0.145 e. The Bertz CT molecular complexity index is 1810. The number of para-hydroxylation sites is 2. The van der Waals surface area contributed by atoms with Gasteiger partial charge in [0.15, 0.2) is 0 Å². The molecule has 0 atom stereocenters. The number of ether oxygens (including phenoxy) is 1. The molecule has 3 aromatic carbocycles. The standard InChI is InChI=1S/C24H31N3.C23H29N3O/c1-23(2,3)24(12-15-25)13-16-27(17-14-24)19-20-8-7-11-22(18-20)26-21-9-5-4-6-10-21;1-22(2,3)23(11-14-24)12-15-26(16-13-23)18-19-9-10-21(17-25-19)27-20-7-5-4-6-8-20/h4-11,18,26H,12-14,16-17,19H2,1-3H3;4-10,17H,11-13,15-16,18H2,1-3H3. The van der Waals surface area contributed by atoms with E-state index in [0.29, 0.717) is 12.8 Å². The van der Waals surface area contributed by atoms with E-state index in [1.54, 1.807) is 6.20 Å². The third-order valence-corrected chi connectivity index (χ3v) is 12.2. The second-order valence-electron chi connectivity index (χ2n) is 17.4. The topological polar surface area (TPSA) is 88.2 Å². The first-order valence-electron chi connectivity index (χ1n) is 19.6. The number of hydrogen-bond donors (Lipinski definition) is 1. The van der Waals surface area contributed by atoms with Crippen molar-refractivity contribution in [2.24, 2.45) is 21.7 Å². The number of aromatic nitrogens is 1. The van der Waals surface area contributed by atoms with Crippen LogP contribution in [0, 0.1) is 44.3 Å². The van der Waals surface area contributed by atoms with Gasteiger partial charge in [-0.2, -0.15) is 10.5 Å². The summed E-state index contributed by atoms with van der Waals surface area (Å²) in [6.07, 6.45) is 7.45. The maximum absolute atomic E-state index is 9.33. The number of likely N-dealkylation sites (tertiary alicyclic amines) is 2. The number of nitriles is 2. The summed E-state index contributed by atoms with van der Waals surface area (Å²) in [7, 11) is 0. The molecule has 284 valence electrons. The zero-order valence-corrected chi connectivity index (χ0v) is 33.4. The van der Waals surface area contributed by atoms with Gasteiger partial charge in [-0.3, -0.25) is 14.8 Å². The number of benzene rings is 3. The molecule has 1 aromatic heterocycles. The van der Waals surface area contributed by atoms with Crippen LogP contribution in [0.2, 0.25) is 0 Å². The molecule has 7 heteroatoms. The van der Waals surface area contributed by atoms with E-state index in [2.05, 4.69) is 110 Å². The summed E-state index contributed by atoms with van der Waals surface area (Å²) in [5, 5.41) is 22.1.